The summed E-state index contributed by atoms with van der Waals surface area (Å²) in [7, 11) is -3.60. The van der Waals surface area contributed by atoms with Crippen molar-refractivity contribution in [3.8, 4) is 0 Å². The average Bonchev–Trinajstić information content (AvgIpc) is 3.03. The fourth-order valence-corrected chi connectivity index (χ4v) is 5.94. The highest BCUT2D eigenvalue weighted by Gasteiger charge is 2.24. The minimum Gasteiger partial charge on any atom is -0.298 e. The number of hydrogen-bond donors (Lipinski definition) is 1. The number of aromatic nitrogens is 1. The van der Waals surface area contributed by atoms with Gasteiger partial charge in [0.15, 0.2) is 5.13 Å². The van der Waals surface area contributed by atoms with E-state index in [9.17, 15) is 13.2 Å². The molecule has 0 saturated heterocycles. The summed E-state index contributed by atoms with van der Waals surface area (Å²) in [6, 6.07) is 6.17. The molecule has 1 aliphatic carbocycles. The summed E-state index contributed by atoms with van der Waals surface area (Å²) >= 11 is 1.51. The van der Waals surface area contributed by atoms with Crippen LogP contribution in [0.4, 0.5) is 5.13 Å². The molecule has 3 rings (SSSR count). The number of nitrogens with one attached hydrogen (secondary N) is 1. The highest BCUT2D eigenvalue weighted by atomic mass is 32.2. The van der Waals surface area contributed by atoms with Crippen LogP contribution in [0.25, 0.3) is 0 Å². The normalized spacial score (nSPS) is 17.0. The molecule has 0 aliphatic heterocycles. The van der Waals surface area contributed by atoms with E-state index in [2.05, 4.69) is 17.2 Å². The van der Waals surface area contributed by atoms with Gasteiger partial charge in [0.25, 0.3) is 5.91 Å². The molecule has 146 valence electrons. The fraction of sp³-hybridized carbons (Fsp3) is 0.474. The number of carbonyl (C=O) groups is 1. The molecular weight excluding hydrogens is 382 g/mol. The van der Waals surface area contributed by atoms with Crippen LogP contribution >= 0.6 is 11.3 Å². The van der Waals surface area contributed by atoms with Crippen molar-refractivity contribution < 1.29 is 13.2 Å². The van der Waals surface area contributed by atoms with Gasteiger partial charge in [-0.25, -0.2) is 13.4 Å². The van der Waals surface area contributed by atoms with Gasteiger partial charge in [-0.2, -0.15) is 4.31 Å². The average molecular weight is 408 g/mol. The van der Waals surface area contributed by atoms with Crippen molar-refractivity contribution in [1.29, 1.82) is 0 Å². The summed E-state index contributed by atoms with van der Waals surface area (Å²) in [4.78, 5) is 18.5. The maximum atomic E-state index is 12.7. The highest BCUT2D eigenvalue weighted by molar-refractivity contribution is 7.89. The first-order valence-corrected chi connectivity index (χ1v) is 11.5. The van der Waals surface area contributed by atoms with Gasteiger partial charge in [0, 0.05) is 23.5 Å². The second kappa shape index (κ2) is 8.08. The highest BCUT2D eigenvalue weighted by Crippen LogP contribution is 2.32. The molecule has 1 heterocycles. The summed E-state index contributed by atoms with van der Waals surface area (Å²) in [5.41, 5.74) is 1.39. The van der Waals surface area contributed by atoms with E-state index in [0.29, 0.717) is 29.7 Å². The van der Waals surface area contributed by atoms with Crippen LogP contribution in [0.2, 0.25) is 0 Å². The van der Waals surface area contributed by atoms with Crippen LogP contribution in [0.1, 0.15) is 48.1 Å². The third-order valence-corrected chi connectivity index (χ3v) is 7.93. The maximum absolute atomic E-state index is 12.7. The SMILES string of the molecule is CCN(CC)S(=O)(=O)c1cccc(C(=O)Nc2nc3c(s2)C[C@@H](C)CC3)c1. The number of sulfonamides is 1. The van der Waals surface area contributed by atoms with Crippen LogP contribution in [-0.4, -0.2) is 36.7 Å². The minimum absolute atomic E-state index is 0.131. The Morgan fingerprint density at radius 1 is 1.33 bits per heavy atom. The second-order valence-electron chi connectivity index (χ2n) is 6.81. The lowest BCUT2D eigenvalue weighted by atomic mass is 9.93. The lowest BCUT2D eigenvalue weighted by Gasteiger charge is -2.18. The van der Waals surface area contributed by atoms with E-state index in [4.69, 9.17) is 0 Å². The number of anilines is 1. The standard InChI is InChI=1S/C19H25N3O3S2/c1-4-22(5-2)27(24,25)15-8-6-7-14(12-15)18(23)21-19-20-16-10-9-13(3)11-17(16)26-19/h6-8,12-13H,4-5,9-11H2,1-3H3,(H,20,21,23)/t13-/m0/s1. The molecular formula is C19H25N3O3S2. The molecule has 1 N–H and O–H groups in total. The molecule has 1 aliphatic rings. The van der Waals surface area contributed by atoms with Crippen molar-refractivity contribution in [3.05, 3.63) is 40.4 Å². The molecule has 0 spiro atoms. The van der Waals surface area contributed by atoms with Gasteiger partial charge in [-0.15, -0.1) is 11.3 Å². The maximum Gasteiger partial charge on any atom is 0.257 e. The fourth-order valence-electron chi connectivity index (χ4n) is 3.27. The topological polar surface area (TPSA) is 79.4 Å². The number of rotatable bonds is 6. The van der Waals surface area contributed by atoms with E-state index in [-0.39, 0.29) is 10.8 Å². The summed E-state index contributed by atoms with van der Waals surface area (Å²) in [6.45, 7) is 6.59. The van der Waals surface area contributed by atoms with Gasteiger partial charge in [-0.05, 0) is 43.4 Å². The third kappa shape index (κ3) is 4.23. The molecule has 1 amide bonds. The van der Waals surface area contributed by atoms with E-state index >= 15 is 0 Å². The van der Waals surface area contributed by atoms with Crippen LogP contribution in [0.3, 0.4) is 0 Å². The number of amides is 1. The quantitative estimate of drug-likeness (QED) is 0.794. The molecule has 1 aromatic carbocycles. The summed E-state index contributed by atoms with van der Waals surface area (Å²) in [6.07, 6.45) is 3.07. The van der Waals surface area contributed by atoms with Crippen LogP contribution in [-0.2, 0) is 22.9 Å². The zero-order valence-electron chi connectivity index (χ0n) is 15.9. The van der Waals surface area contributed by atoms with E-state index in [1.807, 2.05) is 0 Å². The van der Waals surface area contributed by atoms with Gasteiger partial charge in [0.2, 0.25) is 10.0 Å². The van der Waals surface area contributed by atoms with Crippen LogP contribution in [0.15, 0.2) is 29.2 Å². The van der Waals surface area contributed by atoms with Gasteiger partial charge >= 0.3 is 0 Å². The molecule has 27 heavy (non-hydrogen) atoms. The van der Waals surface area contributed by atoms with Crippen LogP contribution < -0.4 is 5.32 Å². The molecule has 0 fully saturated rings. The first kappa shape index (κ1) is 20.0. The lowest BCUT2D eigenvalue weighted by Crippen LogP contribution is -2.30. The molecule has 1 aromatic heterocycles. The van der Waals surface area contributed by atoms with Crippen molar-refractivity contribution in [2.24, 2.45) is 5.92 Å². The number of nitrogens with zero attached hydrogens (tertiary/aromatic N) is 2. The number of carbonyl (C=O) groups excluding carboxylic acids is 1. The molecule has 1 atom stereocenters. The molecule has 0 bridgehead atoms. The molecule has 0 unspecified atom stereocenters. The molecule has 0 saturated carbocycles. The van der Waals surface area contributed by atoms with E-state index in [0.717, 1.165) is 25.0 Å². The number of benzene rings is 1. The predicted octanol–water partition coefficient (Wildman–Crippen LogP) is 3.55. The first-order valence-electron chi connectivity index (χ1n) is 9.25. The van der Waals surface area contributed by atoms with Crippen molar-refractivity contribution in [2.45, 2.75) is 44.9 Å². The number of thiazole rings is 1. The number of fused-ring (bicyclic) bond motifs is 1. The van der Waals surface area contributed by atoms with Crippen molar-refractivity contribution >= 4 is 32.4 Å². The second-order valence-corrected chi connectivity index (χ2v) is 9.83. The Morgan fingerprint density at radius 2 is 2.07 bits per heavy atom. The van der Waals surface area contributed by atoms with Gasteiger partial charge in [-0.3, -0.25) is 10.1 Å². The van der Waals surface area contributed by atoms with Crippen LogP contribution in [0, 0.1) is 5.92 Å². The van der Waals surface area contributed by atoms with Crippen molar-refractivity contribution in [2.75, 3.05) is 18.4 Å². The van der Waals surface area contributed by atoms with Gasteiger partial charge in [0.05, 0.1) is 10.6 Å². The Kier molecular flexibility index (Phi) is 5.98. The molecule has 8 heteroatoms. The van der Waals surface area contributed by atoms with Gasteiger partial charge < -0.3 is 0 Å². The Hall–Kier alpha value is -1.77. The number of aryl methyl sites for hydroxylation is 1. The lowest BCUT2D eigenvalue weighted by molar-refractivity contribution is 0.102. The molecule has 6 nitrogen and oxygen atoms in total. The summed E-state index contributed by atoms with van der Waals surface area (Å²) in [5.74, 6) is 0.300. The largest absolute Gasteiger partial charge is 0.298 e. The van der Waals surface area contributed by atoms with E-state index in [1.165, 1.54) is 32.7 Å². The first-order chi connectivity index (χ1) is 12.8. The van der Waals surface area contributed by atoms with E-state index in [1.54, 1.807) is 26.0 Å². The predicted molar refractivity (Wildman–Crippen MR) is 108 cm³/mol. The van der Waals surface area contributed by atoms with Gasteiger partial charge in [0.1, 0.15) is 0 Å². The Bertz CT molecular complexity index is 933. The van der Waals surface area contributed by atoms with Gasteiger partial charge in [-0.1, -0.05) is 26.8 Å². The Morgan fingerprint density at radius 3 is 2.78 bits per heavy atom. The smallest absolute Gasteiger partial charge is 0.257 e. The molecule has 0 radical (unpaired) electrons. The number of hydrogen-bond acceptors (Lipinski definition) is 5. The third-order valence-electron chi connectivity index (χ3n) is 4.85. The minimum atomic E-state index is -3.60. The summed E-state index contributed by atoms with van der Waals surface area (Å²) < 4.78 is 26.7. The summed E-state index contributed by atoms with van der Waals surface area (Å²) in [5, 5.41) is 3.41. The van der Waals surface area contributed by atoms with Crippen molar-refractivity contribution in [1.82, 2.24) is 9.29 Å². The van der Waals surface area contributed by atoms with Crippen molar-refractivity contribution in [3.63, 3.8) is 0 Å². The zero-order chi connectivity index (χ0) is 19.6. The molecule has 2 aromatic rings. The zero-order valence-corrected chi connectivity index (χ0v) is 17.5. The Labute approximate surface area is 164 Å². The monoisotopic (exact) mass is 407 g/mol. The van der Waals surface area contributed by atoms with E-state index < -0.39 is 10.0 Å². The van der Waals surface area contributed by atoms with Crippen LogP contribution in [0.5, 0.6) is 0 Å². The Balaban J connectivity index is 1.80.